The summed E-state index contributed by atoms with van der Waals surface area (Å²) in [6.45, 7) is 7.31. The number of carbonyl (C=O) groups is 2. The lowest BCUT2D eigenvalue weighted by Gasteiger charge is -2.32. The standard InChI is InChI=1S/C15H23N3O3S/c1-4-21-14(20)13-11(3)16-15(22-13)17-12(19)9-18-8-6-5-7-10(18)2/h10H,4-9H2,1-3H3,(H,16,17,19)/t10-/m1/s1. The van der Waals surface area contributed by atoms with Gasteiger partial charge in [-0.05, 0) is 40.2 Å². The maximum atomic E-state index is 12.1. The second-order valence-electron chi connectivity index (χ2n) is 5.52. The van der Waals surface area contributed by atoms with Gasteiger partial charge in [0.15, 0.2) is 5.13 Å². The summed E-state index contributed by atoms with van der Waals surface area (Å²) >= 11 is 1.16. The van der Waals surface area contributed by atoms with E-state index >= 15 is 0 Å². The van der Waals surface area contributed by atoms with Gasteiger partial charge < -0.3 is 10.1 Å². The van der Waals surface area contributed by atoms with Crippen LogP contribution in [0.25, 0.3) is 0 Å². The Hall–Kier alpha value is -1.47. The average molecular weight is 325 g/mol. The second-order valence-corrected chi connectivity index (χ2v) is 6.52. The molecule has 2 rings (SSSR count). The second kappa shape index (κ2) is 7.69. The summed E-state index contributed by atoms with van der Waals surface area (Å²) in [5.41, 5.74) is 0.588. The number of hydrogen-bond acceptors (Lipinski definition) is 6. The maximum Gasteiger partial charge on any atom is 0.350 e. The van der Waals surface area contributed by atoms with Gasteiger partial charge in [0.25, 0.3) is 0 Å². The molecule has 7 heteroatoms. The quantitative estimate of drug-likeness (QED) is 0.842. The van der Waals surface area contributed by atoms with Crippen LogP contribution < -0.4 is 5.32 Å². The number of nitrogens with zero attached hydrogens (tertiary/aromatic N) is 2. The van der Waals surface area contributed by atoms with Crippen LogP contribution in [0.3, 0.4) is 0 Å². The van der Waals surface area contributed by atoms with Crippen LogP contribution in [0.5, 0.6) is 0 Å². The lowest BCUT2D eigenvalue weighted by molar-refractivity contribution is -0.118. The molecule has 0 aliphatic carbocycles. The number of hydrogen-bond donors (Lipinski definition) is 1. The van der Waals surface area contributed by atoms with E-state index in [0.717, 1.165) is 30.7 Å². The fourth-order valence-corrected chi connectivity index (χ4v) is 3.45. The predicted molar refractivity (Wildman–Crippen MR) is 86.3 cm³/mol. The fraction of sp³-hybridized carbons (Fsp3) is 0.667. The lowest BCUT2D eigenvalue weighted by atomic mass is 10.0. The van der Waals surface area contributed by atoms with Gasteiger partial charge in [-0.2, -0.15) is 0 Å². The van der Waals surface area contributed by atoms with Crippen molar-refractivity contribution in [2.75, 3.05) is 25.0 Å². The molecule has 0 saturated carbocycles. The highest BCUT2D eigenvalue weighted by Crippen LogP contribution is 2.23. The zero-order valence-electron chi connectivity index (χ0n) is 13.3. The molecule has 122 valence electrons. The SMILES string of the molecule is CCOC(=O)c1sc(NC(=O)CN2CCCC[C@H]2C)nc1C. The average Bonchev–Trinajstić information content (AvgIpc) is 2.82. The first-order valence-electron chi connectivity index (χ1n) is 7.69. The van der Waals surface area contributed by atoms with Crippen molar-refractivity contribution in [3.05, 3.63) is 10.6 Å². The van der Waals surface area contributed by atoms with Gasteiger partial charge in [0.1, 0.15) is 4.88 Å². The van der Waals surface area contributed by atoms with E-state index in [2.05, 4.69) is 22.1 Å². The van der Waals surface area contributed by atoms with Crippen LogP contribution >= 0.6 is 11.3 Å². The van der Waals surface area contributed by atoms with Gasteiger partial charge in [-0.1, -0.05) is 17.8 Å². The first-order chi connectivity index (χ1) is 10.5. The Labute approximate surface area is 134 Å². The molecule has 2 heterocycles. The molecular weight excluding hydrogens is 302 g/mol. The smallest absolute Gasteiger partial charge is 0.350 e. The zero-order chi connectivity index (χ0) is 16.1. The summed E-state index contributed by atoms with van der Waals surface area (Å²) in [6.07, 6.45) is 3.51. The van der Waals surface area contributed by atoms with Crippen molar-refractivity contribution in [3.63, 3.8) is 0 Å². The minimum Gasteiger partial charge on any atom is -0.462 e. The molecule has 0 unspecified atom stereocenters. The van der Waals surface area contributed by atoms with Crippen LogP contribution in [0.15, 0.2) is 0 Å². The number of anilines is 1. The number of aryl methyl sites for hydroxylation is 1. The number of carbonyl (C=O) groups excluding carboxylic acids is 2. The van der Waals surface area contributed by atoms with Gasteiger partial charge in [0.2, 0.25) is 5.91 Å². The minimum absolute atomic E-state index is 0.0853. The molecular formula is C15H23N3O3S. The third-order valence-corrected chi connectivity index (χ3v) is 4.84. The number of esters is 1. The fourth-order valence-electron chi connectivity index (χ4n) is 2.57. The van der Waals surface area contributed by atoms with Crippen molar-refractivity contribution in [1.29, 1.82) is 0 Å². The number of thiazole rings is 1. The van der Waals surface area contributed by atoms with Gasteiger partial charge >= 0.3 is 5.97 Å². The van der Waals surface area contributed by atoms with Crippen LogP contribution in [0.1, 0.15) is 48.5 Å². The molecule has 0 bridgehead atoms. The van der Waals surface area contributed by atoms with Gasteiger partial charge in [-0.3, -0.25) is 9.69 Å². The molecule has 22 heavy (non-hydrogen) atoms. The number of likely N-dealkylation sites (tertiary alicyclic amines) is 1. The Bertz CT molecular complexity index is 544. The molecule has 0 aromatic carbocycles. The minimum atomic E-state index is -0.386. The van der Waals surface area contributed by atoms with E-state index in [1.807, 2.05) is 0 Å². The highest BCUT2D eigenvalue weighted by atomic mass is 32.1. The zero-order valence-corrected chi connectivity index (χ0v) is 14.2. The largest absolute Gasteiger partial charge is 0.462 e. The molecule has 1 N–H and O–H groups in total. The van der Waals surface area contributed by atoms with Crippen LogP contribution in [0.2, 0.25) is 0 Å². The molecule has 0 radical (unpaired) electrons. The third-order valence-electron chi connectivity index (χ3n) is 3.79. The monoisotopic (exact) mass is 325 g/mol. The van der Waals surface area contributed by atoms with Crippen molar-refractivity contribution >= 4 is 28.3 Å². The van der Waals surface area contributed by atoms with E-state index in [4.69, 9.17) is 4.74 Å². The number of nitrogens with one attached hydrogen (secondary N) is 1. The third kappa shape index (κ3) is 4.27. The molecule has 1 aromatic rings. The molecule has 1 aromatic heterocycles. The van der Waals surface area contributed by atoms with Gasteiger partial charge in [0, 0.05) is 6.04 Å². The Morgan fingerprint density at radius 2 is 2.23 bits per heavy atom. The van der Waals surface area contributed by atoms with Crippen LogP contribution in [0, 0.1) is 6.92 Å². The number of amides is 1. The molecule has 1 aliphatic rings. The molecule has 0 spiro atoms. The van der Waals surface area contributed by atoms with Crippen LogP contribution in [-0.2, 0) is 9.53 Å². The van der Waals surface area contributed by atoms with Crippen LogP contribution in [0.4, 0.5) is 5.13 Å². The van der Waals surface area contributed by atoms with Crippen molar-refractivity contribution in [2.45, 2.75) is 46.1 Å². The van der Waals surface area contributed by atoms with E-state index in [1.54, 1.807) is 13.8 Å². The number of aromatic nitrogens is 1. The van der Waals surface area contributed by atoms with Crippen molar-refractivity contribution < 1.29 is 14.3 Å². The van der Waals surface area contributed by atoms with Gasteiger partial charge in [-0.15, -0.1) is 0 Å². The molecule has 1 fully saturated rings. The molecule has 1 saturated heterocycles. The van der Waals surface area contributed by atoms with Gasteiger partial charge in [-0.25, -0.2) is 9.78 Å². The van der Waals surface area contributed by atoms with Crippen molar-refractivity contribution in [1.82, 2.24) is 9.88 Å². The van der Waals surface area contributed by atoms with E-state index < -0.39 is 0 Å². The summed E-state index contributed by atoms with van der Waals surface area (Å²) in [6, 6.07) is 0.438. The number of ether oxygens (including phenoxy) is 1. The maximum absolute atomic E-state index is 12.1. The van der Waals surface area contributed by atoms with E-state index in [9.17, 15) is 9.59 Å². The summed E-state index contributed by atoms with van der Waals surface area (Å²) in [5.74, 6) is -0.472. The number of piperidine rings is 1. The first kappa shape index (κ1) is 16.9. The van der Waals surface area contributed by atoms with Crippen LogP contribution in [-0.4, -0.2) is 47.5 Å². The Morgan fingerprint density at radius 3 is 2.91 bits per heavy atom. The van der Waals surface area contributed by atoms with Crippen molar-refractivity contribution in [3.8, 4) is 0 Å². The summed E-state index contributed by atoms with van der Waals surface area (Å²) in [4.78, 5) is 30.8. The van der Waals surface area contributed by atoms with Crippen molar-refractivity contribution in [2.24, 2.45) is 0 Å². The van der Waals surface area contributed by atoms with Gasteiger partial charge in [0.05, 0.1) is 18.8 Å². The summed E-state index contributed by atoms with van der Waals surface area (Å²) in [5, 5.41) is 3.24. The van der Waals surface area contributed by atoms with E-state index in [1.165, 1.54) is 6.42 Å². The Morgan fingerprint density at radius 1 is 1.45 bits per heavy atom. The molecule has 1 aliphatic heterocycles. The summed E-state index contributed by atoms with van der Waals surface area (Å²) < 4.78 is 4.97. The first-order valence-corrected chi connectivity index (χ1v) is 8.51. The van der Waals surface area contributed by atoms with E-state index in [0.29, 0.717) is 34.9 Å². The Balaban J connectivity index is 1.94. The molecule has 6 nitrogen and oxygen atoms in total. The highest BCUT2D eigenvalue weighted by molar-refractivity contribution is 7.17. The normalized spacial score (nSPS) is 19.0. The highest BCUT2D eigenvalue weighted by Gasteiger charge is 2.22. The lowest BCUT2D eigenvalue weighted by Crippen LogP contribution is -2.42. The predicted octanol–water partition coefficient (Wildman–Crippen LogP) is 2.44. The number of rotatable bonds is 5. The van der Waals surface area contributed by atoms with E-state index in [-0.39, 0.29) is 11.9 Å². The topological polar surface area (TPSA) is 71.5 Å². The summed E-state index contributed by atoms with van der Waals surface area (Å²) in [7, 11) is 0. The Kier molecular flexibility index (Phi) is 5.90. The molecule has 1 atom stereocenters. The molecule has 1 amide bonds.